The number of hydrogen-bond acceptors (Lipinski definition) is 6. The van der Waals surface area contributed by atoms with Gasteiger partial charge in [-0.3, -0.25) is 9.69 Å². The number of carboxylic acids is 2. The van der Waals surface area contributed by atoms with Gasteiger partial charge in [-0.25, -0.2) is 4.79 Å². The third kappa shape index (κ3) is 7.14. The lowest BCUT2D eigenvalue weighted by molar-refractivity contribution is -0.137. The van der Waals surface area contributed by atoms with E-state index in [1.165, 1.54) is 0 Å². The van der Waals surface area contributed by atoms with Crippen molar-refractivity contribution in [2.45, 2.75) is 117 Å². The van der Waals surface area contributed by atoms with Gasteiger partial charge in [0.05, 0.1) is 17.8 Å². The molecule has 1 aromatic carbocycles. The summed E-state index contributed by atoms with van der Waals surface area (Å²) in [6.45, 7) is 19.8. The molecule has 1 aromatic rings. The molecule has 4 N–H and O–H groups in total. The van der Waals surface area contributed by atoms with Crippen LogP contribution in [0.25, 0.3) is 0 Å². The maximum Gasteiger partial charge on any atom is 0.335 e. The molecule has 8 nitrogen and oxygen atoms in total. The predicted molar refractivity (Wildman–Crippen MR) is 155 cm³/mol. The molecule has 8 heteroatoms. The number of rotatable bonds is 8. The van der Waals surface area contributed by atoms with Crippen LogP contribution >= 0.6 is 0 Å². The number of anilines is 1. The van der Waals surface area contributed by atoms with Crippen molar-refractivity contribution in [3.05, 3.63) is 29.8 Å². The number of aliphatic hydroxyl groups is 2. The summed E-state index contributed by atoms with van der Waals surface area (Å²) in [6.07, 6.45) is 3.99. The minimum absolute atomic E-state index is 0.0303. The Morgan fingerprint density at radius 2 is 1.28 bits per heavy atom. The van der Waals surface area contributed by atoms with Crippen molar-refractivity contribution < 1.29 is 30.0 Å². The van der Waals surface area contributed by atoms with Crippen molar-refractivity contribution in [3.63, 3.8) is 0 Å². The molecule has 2 fully saturated rings. The van der Waals surface area contributed by atoms with Crippen molar-refractivity contribution in [3.8, 4) is 0 Å². The minimum Gasteiger partial charge on any atom is -0.481 e. The fourth-order valence-electron chi connectivity index (χ4n) is 5.76. The number of benzene rings is 1. The maximum absolute atomic E-state index is 10.9. The molecular weight excluding hydrogens is 496 g/mol. The Kier molecular flexibility index (Phi) is 10.6. The van der Waals surface area contributed by atoms with E-state index in [2.05, 4.69) is 65.2 Å². The number of piperidine rings is 2. The number of aliphatic carboxylic acids is 1. The molecule has 0 bridgehead atoms. The highest BCUT2D eigenvalue weighted by Crippen LogP contribution is 2.46. The van der Waals surface area contributed by atoms with Gasteiger partial charge in [0.25, 0.3) is 0 Å². The largest absolute Gasteiger partial charge is 0.481 e. The van der Waals surface area contributed by atoms with Gasteiger partial charge in [0, 0.05) is 47.1 Å². The van der Waals surface area contributed by atoms with Crippen LogP contribution in [-0.2, 0) is 4.79 Å². The van der Waals surface area contributed by atoms with Crippen molar-refractivity contribution in [2.75, 3.05) is 24.5 Å². The third-order valence-corrected chi connectivity index (χ3v) is 10.3. The van der Waals surface area contributed by atoms with E-state index in [-0.39, 0.29) is 40.5 Å². The zero-order chi connectivity index (χ0) is 29.8. The van der Waals surface area contributed by atoms with Gasteiger partial charge in [-0.2, -0.15) is 0 Å². The second-order valence-electron chi connectivity index (χ2n) is 13.4. The van der Waals surface area contributed by atoms with Gasteiger partial charge in [-0.1, -0.05) is 34.1 Å². The first-order valence-corrected chi connectivity index (χ1v) is 14.3. The van der Waals surface area contributed by atoms with E-state index < -0.39 is 11.9 Å². The van der Waals surface area contributed by atoms with Crippen LogP contribution in [0.15, 0.2) is 24.3 Å². The molecule has 0 saturated carbocycles. The van der Waals surface area contributed by atoms with E-state index in [1.807, 2.05) is 12.1 Å². The van der Waals surface area contributed by atoms with E-state index in [4.69, 9.17) is 10.2 Å². The fourth-order valence-corrected chi connectivity index (χ4v) is 5.76. The molecule has 2 unspecified atom stereocenters. The minimum atomic E-state index is -0.912. The summed E-state index contributed by atoms with van der Waals surface area (Å²) in [5, 5.41) is 38.0. The third-order valence-electron chi connectivity index (χ3n) is 10.3. The van der Waals surface area contributed by atoms with Crippen molar-refractivity contribution in [1.82, 2.24) is 4.90 Å². The van der Waals surface area contributed by atoms with Gasteiger partial charge in [-0.15, -0.1) is 0 Å². The molecule has 0 radical (unpaired) electrons. The fraction of sp³-hybridized carbons (Fsp3) is 0.742. The van der Waals surface area contributed by atoms with Gasteiger partial charge in [0.2, 0.25) is 0 Å². The number of likely N-dealkylation sites (tertiary alicyclic amines) is 1. The molecule has 0 aliphatic carbocycles. The molecule has 222 valence electrons. The number of unbranched alkanes of at least 4 members (excludes halogenated alkanes) is 2. The molecule has 0 spiro atoms. The molecule has 0 amide bonds. The lowest BCUT2D eigenvalue weighted by Gasteiger charge is -2.56. The quantitative estimate of drug-likeness (QED) is 0.325. The number of hydrogen-bond donors (Lipinski definition) is 4. The summed E-state index contributed by atoms with van der Waals surface area (Å²) in [7, 11) is 0. The highest BCUT2D eigenvalue weighted by Gasteiger charge is 2.50. The monoisotopic (exact) mass is 548 g/mol. The van der Waals surface area contributed by atoms with Crippen LogP contribution in [0.2, 0.25) is 0 Å². The number of aromatic carboxylic acids is 1. The van der Waals surface area contributed by atoms with E-state index in [0.29, 0.717) is 5.56 Å². The van der Waals surface area contributed by atoms with E-state index in [1.54, 1.807) is 12.1 Å². The highest BCUT2D eigenvalue weighted by atomic mass is 16.4. The van der Waals surface area contributed by atoms with Gasteiger partial charge in [0.15, 0.2) is 0 Å². The first-order chi connectivity index (χ1) is 17.9. The second kappa shape index (κ2) is 12.6. The normalized spacial score (nSPS) is 25.3. The average molecular weight is 549 g/mol. The average Bonchev–Trinajstić information content (AvgIpc) is 2.83. The summed E-state index contributed by atoms with van der Waals surface area (Å²) in [4.78, 5) is 26.1. The second-order valence-corrected chi connectivity index (χ2v) is 13.4. The van der Waals surface area contributed by atoms with Gasteiger partial charge in [-0.05, 0) is 84.2 Å². The first-order valence-electron chi connectivity index (χ1n) is 14.3. The lowest BCUT2D eigenvalue weighted by Crippen LogP contribution is -2.63. The smallest absolute Gasteiger partial charge is 0.335 e. The topological polar surface area (TPSA) is 122 Å². The molecule has 2 aliphatic heterocycles. The molecule has 2 aliphatic rings. The molecule has 2 heterocycles. The molecule has 39 heavy (non-hydrogen) atoms. The van der Waals surface area contributed by atoms with Crippen LogP contribution in [0.3, 0.4) is 0 Å². The van der Waals surface area contributed by atoms with Crippen LogP contribution in [0.1, 0.15) is 104 Å². The summed E-state index contributed by atoms with van der Waals surface area (Å²) in [5.74, 6) is -1.62. The van der Waals surface area contributed by atoms with Crippen molar-refractivity contribution >= 4 is 17.6 Å². The van der Waals surface area contributed by atoms with Crippen LogP contribution in [-0.4, -0.2) is 80.2 Å². The Labute approximate surface area is 235 Å². The lowest BCUT2D eigenvalue weighted by atomic mass is 9.66. The maximum atomic E-state index is 10.9. The summed E-state index contributed by atoms with van der Waals surface area (Å²) in [5.41, 5.74) is 0.693. The molecule has 0 aromatic heterocycles. The summed E-state index contributed by atoms with van der Waals surface area (Å²) < 4.78 is 0. The standard InChI is InChI=1S/C16H23NO3.C15H29NO3/c1-15(2)13(18)9-10-17(16(15,3)4)12-7-5-11(6-8-12)14(19)20;1-14(2)12(17)9-11-16(15(14,3)4)10-7-5-6-8-13(18)19/h5-8,13,18H,9-10H2,1-4H3,(H,19,20);12,17H,5-11H2,1-4H3,(H,18,19). The zero-order valence-corrected chi connectivity index (χ0v) is 25.3. The van der Waals surface area contributed by atoms with E-state index in [9.17, 15) is 19.8 Å². The van der Waals surface area contributed by atoms with Crippen LogP contribution in [0.4, 0.5) is 5.69 Å². The highest BCUT2D eigenvalue weighted by molar-refractivity contribution is 5.88. The van der Waals surface area contributed by atoms with Gasteiger partial charge < -0.3 is 25.3 Å². The van der Waals surface area contributed by atoms with Gasteiger partial charge >= 0.3 is 11.9 Å². The summed E-state index contributed by atoms with van der Waals surface area (Å²) >= 11 is 0. The van der Waals surface area contributed by atoms with Crippen LogP contribution in [0, 0.1) is 10.8 Å². The number of carboxylic acid groups (broad SMARTS) is 2. The van der Waals surface area contributed by atoms with Crippen molar-refractivity contribution in [2.24, 2.45) is 10.8 Å². The Morgan fingerprint density at radius 3 is 1.79 bits per heavy atom. The molecular formula is C31H52N2O6. The van der Waals surface area contributed by atoms with Gasteiger partial charge in [0.1, 0.15) is 0 Å². The first kappa shape index (κ1) is 33.0. The Bertz CT molecular complexity index is 970. The Balaban J connectivity index is 0.000000274. The van der Waals surface area contributed by atoms with Crippen LogP contribution < -0.4 is 4.90 Å². The molecule has 3 rings (SSSR count). The summed E-state index contributed by atoms with van der Waals surface area (Å²) in [6, 6.07) is 6.95. The zero-order valence-electron chi connectivity index (χ0n) is 25.3. The molecule has 2 atom stereocenters. The Hall–Kier alpha value is -2.16. The van der Waals surface area contributed by atoms with Crippen molar-refractivity contribution in [1.29, 1.82) is 0 Å². The number of aliphatic hydroxyl groups excluding tert-OH is 2. The predicted octanol–water partition coefficient (Wildman–Crippen LogP) is 5.26. The molecule has 2 saturated heterocycles. The van der Waals surface area contributed by atoms with E-state index >= 15 is 0 Å². The SMILES string of the molecule is CC1(C)C(O)CCN(CCCCCC(=O)O)C1(C)C.CC1(C)C(O)CCN(c2ccc(C(=O)O)cc2)C1(C)C. The Morgan fingerprint density at radius 1 is 0.769 bits per heavy atom. The van der Waals surface area contributed by atoms with E-state index in [0.717, 1.165) is 57.4 Å². The number of nitrogens with zero attached hydrogens (tertiary/aromatic N) is 2. The van der Waals surface area contributed by atoms with Crippen LogP contribution in [0.5, 0.6) is 0 Å². The number of carbonyl (C=O) groups is 2.